The smallest absolute Gasteiger partial charge is 0.354 e. The van der Waals surface area contributed by atoms with Crippen molar-refractivity contribution < 1.29 is 32.5 Å². The first-order chi connectivity index (χ1) is 17.4. The van der Waals surface area contributed by atoms with E-state index in [9.17, 15) is 23.5 Å². The van der Waals surface area contributed by atoms with Crippen molar-refractivity contribution in [3.63, 3.8) is 0 Å². The average Bonchev–Trinajstić information content (AvgIpc) is 3.17. The first-order valence-corrected chi connectivity index (χ1v) is 11.7. The summed E-state index contributed by atoms with van der Waals surface area (Å²) in [6.45, 7) is 4.84. The Morgan fingerprint density at radius 1 is 1.08 bits per heavy atom. The number of rotatable bonds is 7. The van der Waals surface area contributed by atoms with Crippen LogP contribution in [-0.2, 0) is 4.75 Å². The van der Waals surface area contributed by atoms with Gasteiger partial charge in [0.05, 0.1) is 30.3 Å². The molecule has 37 heavy (non-hydrogen) atoms. The van der Waals surface area contributed by atoms with Crippen molar-refractivity contribution in [1.82, 2.24) is 14.5 Å². The molecule has 2 N–H and O–H groups in total. The molecule has 0 saturated heterocycles. The predicted octanol–water partition coefficient (Wildman–Crippen LogP) is 5.18. The van der Waals surface area contributed by atoms with Gasteiger partial charge in [0.15, 0.2) is 28.8 Å². The van der Waals surface area contributed by atoms with Gasteiger partial charge in [0.25, 0.3) is 0 Å². The van der Waals surface area contributed by atoms with Crippen LogP contribution in [0.15, 0.2) is 40.0 Å². The van der Waals surface area contributed by atoms with Crippen LogP contribution >= 0.6 is 11.8 Å². The number of thioether (sulfide) groups is 1. The zero-order valence-electron chi connectivity index (χ0n) is 20.4. The van der Waals surface area contributed by atoms with Crippen LogP contribution in [0.2, 0.25) is 0 Å². The van der Waals surface area contributed by atoms with Gasteiger partial charge in [-0.05, 0) is 50.6 Å². The number of carboxylic acids is 1. The fourth-order valence-electron chi connectivity index (χ4n) is 4.09. The molecule has 2 aromatic heterocycles. The summed E-state index contributed by atoms with van der Waals surface area (Å²) in [6, 6.07) is 5.91. The van der Waals surface area contributed by atoms with Crippen molar-refractivity contribution in [2.75, 3.05) is 14.2 Å². The summed E-state index contributed by atoms with van der Waals surface area (Å²) < 4.78 is 54.7. The summed E-state index contributed by atoms with van der Waals surface area (Å²) in [7, 11) is 2.65. The third-order valence-electron chi connectivity index (χ3n) is 5.78. The lowest BCUT2D eigenvalue weighted by molar-refractivity contribution is 0.0690. The van der Waals surface area contributed by atoms with Gasteiger partial charge in [-0.25, -0.2) is 32.3 Å². The largest absolute Gasteiger partial charge is 0.496 e. The molecule has 0 aliphatic heterocycles. The average molecular weight is 534 g/mol. The van der Waals surface area contributed by atoms with Gasteiger partial charge >= 0.3 is 11.7 Å². The number of halogens is 3. The second kappa shape index (κ2) is 9.51. The van der Waals surface area contributed by atoms with Crippen LogP contribution in [0.4, 0.5) is 13.2 Å². The molecule has 0 atom stereocenters. The van der Waals surface area contributed by atoms with E-state index in [0.717, 1.165) is 28.5 Å². The minimum Gasteiger partial charge on any atom is -0.496 e. The maximum absolute atomic E-state index is 15.3. The monoisotopic (exact) mass is 533 g/mol. The number of H-pyrrole nitrogens is 1. The molecule has 8 nitrogen and oxygen atoms in total. The van der Waals surface area contributed by atoms with E-state index in [1.165, 1.54) is 32.4 Å². The highest BCUT2D eigenvalue weighted by Crippen LogP contribution is 2.49. The second-order valence-corrected chi connectivity index (χ2v) is 10.3. The molecule has 0 aliphatic rings. The highest BCUT2D eigenvalue weighted by molar-refractivity contribution is 8.00. The number of fused-ring (bicyclic) bond motifs is 1. The standard InChI is InChI=1S/C25H22F3N3O5S/c1-11-8-14(23(32)33)29-22-21(11)30-24(34)31(22)15-10-18(17(36-5)9-13(15)27)37-25(2,3)19-16(35-4)7-6-12(26)20(19)28/h6-10H,1-5H3,(H,30,34)(H,32,33). The fraction of sp³-hybridized carbons (Fsp3) is 0.240. The third-order valence-corrected chi connectivity index (χ3v) is 7.03. The van der Waals surface area contributed by atoms with Gasteiger partial charge in [0.2, 0.25) is 0 Å². The summed E-state index contributed by atoms with van der Waals surface area (Å²) in [6.07, 6.45) is 0. The molecule has 0 unspecified atom stereocenters. The lowest BCUT2D eigenvalue weighted by Crippen LogP contribution is -2.18. The molecular weight excluding hydrogens is 511 g/mol. The number of carbonyl (C=O) groups is 1. The minimum absolute atomic E-state index is 0.0550. The number of aromatic carboxylic acids is 1. The number of nitrogens with one attached hydrogen (secondary N) is 1. The molecule has 12 heteroatoms. The Balaban J connectivity index is 1.93. The van der Waals surface area contributed by atoms with Gasteiger partial charge in [-0.1, -0.05) is 0 Å². The van der Waals surface area contributed by atoms with Crippen LogP contribution in [0.25, 0.3) is 16.9 Å². The number of carboxylic acid groups (broad SMARTS) is 1. The quantitative estimate of drug-likeness (QED) is 0.315. The van der Waals surface area contributed by atoms with Crippen molar-refractivity contribution in [3.05, 3.63) is 75.1 Å². The second-order valence-electron chi connectivity index (χ2n) is 8.60. The number of nitrogens with zero attached hydrogens (tertiary/aromatic N) is 2. The Labute approximate surface area is 213 Å². The molecule has 0 radical (unpaired) electrons. The molecule has 194 valence electrons. The van der Waals surface area contributed by atoms with E-state index < -0.39 is 33.9 Å². The molecule has 0 fully saturated rings. The summed E-state index contributed by atoms with van der Waals surface area (Å²) >= 11 is 1.03. The minimum atomic E-state index is -1.32. The summed E-state index contributed by atoms with van der Waals surface area (Å²) in [4.78, 5) is 31.3. The van der Waals surface area contributed by atoms with Gasteiger partial charge in [0, 0.05) is 16.4 Å². The molecular formula is C25H22F3N3O5S. The Morgan fingerprint density at radius 2 is 1.76 bits per heavy atom. The number of imidazole rings is 1. The van der Waals surface area contributed by atoms with Gasteiger partial charge in [-0.2, -0.15) is 0 Å². The number of hydrogen-bond acceptors (Lipinski definition) is 6. The number of aromatic nitrogens is 3. The van der Waals surface area contributed by atoms with E-state index >= 15 is 4.39 Å². The zero-order chi connectivity index (χ0) is 27.2. The number of aryl methyl sites for hydroxylation is 1. The molecule has 0 spiro atoms. The number of pyridine rings is 1. The van der Waals surface area contributed by atoms with Crippen molar-refractivity contribution in [2.24, 2.45) is 0 Å². The van der Waals surface area contributed by atoms with Gasteiger partial charge < -0.3 is 19.6 Å². The topological polar surface area (TPSA) is 106 Å². The maximum Gasteiger partial charge on any atom is 0.354 e. The Bertz CT molecular complexity index is 1610. The summed E-state index contributed by atoms with van der Waals surface area (Å²) in [5.41, 5.74) is -0.777. The van der Waals surface area contributed by atoms with Crippen LogP contribution in [0.1, 0.15) is 35.5 Å². The highest BCUT2D eigenvalue weighted by Gasteiger charge is 2.33. The third kappa shape index (κ3) is 4.52. The van der Waals surface area contributed by atoms with E-state index in [1.807, 2.05) is 0 Å². The Kier molecular flexibility index (Phi) is 6.72. The van der Waals surface area contributed by atoms with E-state index in [1.54, 1.807) is 20.8 Å². The normalized spacial score (nSPS) is 11.7. The molecule has 0 aliphatic carbocycles. The van der Waals surface area contributed by atoms with Crippen molar-refractivity contribution >= 4 is 28.9 Å². The Morgan fingerprint density at radius 3 is 2.38 bits per heavy atom. The molecule has 0 saturated carbocycles. The molecule has 2 heterocycles. The van der Waals surface area contributed by atoms with Gasteiger partial charge in [0.1, 0.15) is 11.5 Å². The van der Waals surface area contributed by atoms with Crippen LogP contribution in [0.3, 0.4) is 0 Å². The molecule has 0 amide bonds. The van der Waals surface area contributed by atoms with Crippen molar-refractivity contribution in [3.8, 4) is 17.2 Å². The van der Waals surface area contributed by atoms with E-state index in [4.69, 9.17) is 9.47 Å². The fourth-order valence-corrected chi connectivity index (χ4v) is 5.34. The van der Waals surface area contributed by atoms with Crippen LogP contribution in [0, 0.1) is 24.4 Å². The zero-order valence-corrected chi connectivity index (χ0v) is 21.2. The Hall–Kier alpha value is -3.93. The molecule has 0 bridgehead atoms. The number of methoxy groups -OCH3 is 2. The van der Waals surface area contributed by atoms with Gasteiger partial charge in [-0.15, -0.1) is 11.8 Å². The summed E-state index contributed by atoms with van der Waals surface area (Å²) in [5.74, 6) is -4.12. The van der Waals surface area contributed by atoms with Crippen molar-refractivity contribution in [1.29, 1.82) is 0 Å². The van der Waals surface area contributed by atoms with Crippen LogP contribution < -0.4 is 15.2 Å². The highest BCUT2D eigenvalue weighted by atomic mass is 32.2. The first kappa shape index (κ1) is 26.1. The lowest BCUT2D eigenvalue weighted by Gasteiger charge is -2.28. The van der Waals surface area contributed by atoms with Crippen molar-refractivity contribution in [2.45, 2.75) is 30.4 Å². The maximum atomic E-state index is 15.3. The van der Waals surface area contributed by atoms with E-state index in [2.05, 4.69) is 9.97 Å². The van der Waals surface area contributed by atoms with Crippen LogP contribution in [0.5, 0.6) is 11.5 Å². The van der Waals surface area contributed by atoms with E-state index in [0.29, 0.717) is 10.5 Å². The number of ether oxygens (including phenoxy) is 2. The number of benzene rings is 2. The van der Waals surface area contributed by atoms with Gasteiger partial charge in [-0.3, -0.25) is 0 Å². The number of aromatic amines is 1. The SMILES string of the molecule is COc1cc(F)c(-n2c(=O)[nH]c3c(C)cc(C(=O)O)nc32)cc1SC(C)(C)c1c(OC)ccc(F)c1F. The molecule has 4 rings (SSSR count). The summed E-state index contributed by atoms with van der Waals surface area (Å²) in [5, 5.41) is 9.40. The number of hydrogen-bond donors (Lipinski definition) is 2. The molecule has 2 aromatic carbocycles. The molecule has 4 aromatic rings. The van der Waals surface area contributed by atoms with E-state index in [-0.39, 0.29) is 39.6 Å². The van der Waals surface area contributed by atoms with Crippen LogP contribution in [-0.4, -0.2) is 39.8 Å². The lowest BCUT2D eigenvalue weighted by atomic mass is 10.00. The predicted molar refractivity (Wildman–Crippen MR) is 132 cm³/mol. The first-order valence-electron chi connectivity index (χ1n) is 10.8.